The third kappa shape index (κ3) is 6.71. The molecule has 0 spiro atoms. The van der Waals surface area contributed by atoms with Gasteiger partial charge in [-0.15, -0.1) is 0 Å². The number of halogens is 1. The van der Waals surface area contributed by atoms with Crippen LogP contribution in [0.3, 0.4) is 0 Å². The van der Waals surface area contributed by atoms with Gasteiger partial charge in [-0.05, 0) is 99.2 Å². The Balaban J connectivity index is 1.36. The largest absolute Gasteiger partial charge is 0.456 e. The lowest BCUT2D eigenvalue weighted by Crippen LogP contribution is -2.30. The summed E-state index contributed by atoms with van der Waals surface area (Å²) in [7, 11) is 0. The molecule has 0 unspecified atom stereocenters. The molecular weight excluding hydrogens is 527 g/mol. The van der Waals surface area contributed by atoms with Crippen LogP contribution in [0.5, 0.6) is 0 Å². The molecule has 1 N–H and O–H groups in total. The molecule has 5 nitrogen and oxygen atoms in total. The maximum atomic E-state index is 15.2. The molecule has 5 rings (SSSR count). The van der Waals surface area contributed by atoms with Gasteiger partial charge in [0.2, 0.25) is 0 Å². The number of nitrogens with one attached hydrogen (secondary N) is 1. The number of hydrogen-bond acceptors (Lipinski definition) is 4. The van der Waals surface area contributed by atoms with Gasteiger partial charge in [0.15, 0.2) is 0 Å². The van der Waals surface area contributed by atoms with Gasteiger partial charge in [0.25, 0.3) is 5.91 Å². The van der Waals surface area contributed by atoms with Gasteiger partial charge in [-0.1, -0.05) is 54.6 Å². The summed E-state index contributed by atoms with van der Waals surface area (Å²) >= 11 is 0. The number of fused-ring (bicyclic) bond motifs is 1. The molecule has 1 aliphatic rings. The van der Waals surface area contributed by atoms with Crippen molar-refractivity contribution >= 4 is 17.6 Å². The third-order valence-corrected chi connectivity index (χ3v) is 7.47. The quantitative estimate of drug-likeness (QED) is 0.232. The summed E-state index contributed by atoms with van der Waals surface area (Å²) in [5, 5.41) is 3.09. The first-order chi connectivity index (χ1) is 20.1. The molecule has 1 amide bonds. The minimum atomic E-state index is -0.625. The van der Waals surface area contributed by atoms with Crippen LogP contribution in [0.15, 0.2) is 91.0 Å². The van der Waals surface area contributed by atoms with Gasteiger partial charge >= 0.3 is 5.97 Å². The maximum absolute atomic E-state index is 15.2. The Kier molecular flexibility index (Phi) is 8.44. The minimum absolute atomic E-state index is 0.109. The summed E-state index contributed by atoms with van der Waals surface area (Å²) in [4.78, 5) is 28.1. The molecule has 0 fully saturated rings. The lowest BCUT2D eigenvalue weighted by atomic mass is 9.96. The number of anilines is 1. The first kappa shape index (κ1) is 29.1. The summed E-state index contributed by atoms with van der Waals surface area (Å²) in [6, 6.07) is 27.8. The van der Waals surface area contributed by atoms with Gasteiger partial charge in [-0.3, -0.25) is 4.79 Å². The minimum Gasteiger partial charge on any atom is -0.456 e. The monoisotopic (exact) mass is 564 g/mol. The first-order valence-corrected chi connectivity index (χ1v) is 14.4. The van der Waals surface area contributed by atoms with Crippen molar-refractivity contribution in [3.63, 3.8) is 0 Å². The molecule has 6 heteroatoms. The molecule has 0 saturated heterocycles. The van der Waals surface area contributed by atoms with E-state index in [1.54, 1.807) is 18.2 Å². The van der Waals surface area contributed by atoms with Gasteiger partial charge in [0, 0.05) is 29.9 Å². The zero-order valence-electron chi connectivity index (χ0n) is 24.6. The predicted molar refractivity (Wildman–Crippen MR) is 165 cm³/mol. The number of aryl methyl sites for hydroxylation is 1. The molecule has 1 aliphatic heterocycles. The number of ether oxygens (including phenoxy) is 1. The summed E-state index contributed by atoms with van der Waals surface area (Å²) < 4.78 is 20.8. The summed E-state index contributed by atoms with van der Waals surface area (Å²) in [5.41, 5.74) is 5.57. The third-order valence-electron chi connectivity index (χ3n) is 7.47. The van der Waals surface area contributed by atoms with E-state index in [2.05, 4.69) is 10.2 Å². The van der Waals surface area contributed by atoms with E-state index in [1.165, 1.54) is 6.07 Å². The summed E-state index contributed by atoms with van der Waals surface area (Å²) in [6.45, 7) is 8.63. The number of rotatable bonds is 7. The Hall–Kier alpha value is -4.45. The molecule has 1 atom stereocenters. The highest BCUT2D eigenvalue weighted by atomic mass is 19.1. The molecule has 0 aromatic heterocycles. The topological polar surface area (TPSA) is 58.6 Å². The van der Waals surface area contributed by atoms with Gasteiger partial charge in [0.1, 0.15) is 11.4 Å². The van der Waals surface area contributed by atoms with E-state index < -0.39 is 11.6 Å². The number of hydrogen-bond donors (Lipinski definition) is 1. The number of carbonyl (C=O) groups excluding carboxylic acids is 2. The van der Waals surface area contributed by atoms with E-state index in [4.69, 9.17) is 4.74 Å². The fourth-order valence-electron chi connectivity index (χ4n) is 5.40. The highest BCUT2D eigenvalue weighted by Crippen LogP contribution is 2.32. The molecule has 42 heavy (non-hydrogen) atoms. The highest BCUT2D eigenvalue weighted by Gasteiger charge is 2.23. The fraction of sp³-hybridized carbons (Fsp3) is 0.278. The average Bonchev–Trinajstić information content (AvgIpc) is 2.97. The molecule has 216 valence electrons. The Morgan fingerprint density at radius 2 is 1.69 bits per heavy atom. The molecule has 0 bridgehead atoms. The number of nitrogens with zero attached hydrogens (tertiary/aromatic N) is 1. The Labute approximate surface area is 247 Å². The normalized spacial score (nSPS) is 13.7. The number of carbonyl (C=O) groups is 2. The van der Waals surface area contributed by atoms with Gasteiger partial charge < -0.3 is 15.0 Å². The van der Waals surface area contributed by atoms with Crippen LogP contribution in [0, 0.1) is 5.82 Å². The number of benzene rings is 4. The van der Waals surface area contributed by atoms with Crippen LogP contribution < -0.4 is 10.2 Å². The second-order valence-electron chi connectivity index (χ2n) is 11.8. The van der Waals surface area contributed by atoms with Crippen molar-refractivity contribution in [2.75, 3.05) is 11.4 Å². The average molecular weight is 565 g/mol. The van der Waals surface area contributed by atoms with E-state index in [-0.39, 0.29) is 17.8 Å². The van der Waals surface area contributed by atoms with Crippen LogP contribution in [-0.2, 0) is 17.7 Å². The molecule has 0 aliphatic carbocycles. The van der Waals surface area contributed by atoms with Gasteiger partial charge in [0.05, 0.1) is 11.6 Å². The second kappa shape index (κ2) is 12.2. The van der Waals surface area contributed by atoms with Crippen molar-refractivity contribution in [1.82, 2.24) is 5.32 Å². The Bertz CT molecular complexity index is 1590. The molecule has 1 heterocycles. The van der Waals surface area contributed by atoms with E-state index in [0.29, 0.717) is 28.8 Å². The van der Waals surface area contributed by atoms with E-state index in [0.717, 1.165) is 41.8 Å². The van der Waals surface area contributed by atoms with Crippen LogP contribution in [0.1, 0.15) is 77.6 Å². The van der Waals surface area contributed by atoms with Gasteiger partial charge in [-0.2, -0.15) is 0 Å². The maximum Gasteiger partial charge on any atom is 0.339 e. The van der Waals surface area contributed by atoms with Crippen molar-refractivity contribution < 1.29 is 18.7 Å². The standard InChI is InChI=1S/C36H37FN2O3/c1-24(25-11-6-5-7-12-25)38-34(40)28-17-19-33-27(22-28)13-10-20-39(33)23-29-21-26(16-18-32(29)37)30-14-8-9-15-31(30)35(41)42-36(2,3)4/h5-9,11-12,14-19,21-22,24H,10,13,20,23H2,1-4H3,(H,38,40)/t24-/m0/s1. The van der Waals surface area contributed by atoms with Crippen LogP contribution in [-0.4, -0.2) is 24.0 Å². The Morgan fingerprint density at radius 1 is 0.952 bits per heavy atom. The SMILES string of the molecule is C[C@H](NC(=O)c1ccc2c(c1)CCCN2Cc1cc(-c2ccccc2C(=O)OC(C)(C)C)ccc1F)c1ccccc1. The summed E-state index contributed by atoms with van der Waals surface area (Å²) in [6.07, 6.45) is 1.76. The molecule has 4 aromatic carbocycles. The van der Waals surface area contributed by atoms with Crippen molar-refractivity contribution in [3.8, 4) is 11.1 Å². The van der Waals surface area contributed by atoms with Crippen molar-refractivity contribution in [2.45, 2.75) is 58.7 Å². The lowest BCUT2D eigenvalue weighted by molar-refractivity contribution is 0.00703. The highest BCUT2D eigenvalue weighted by molar-refractivity contribution is 5.97. The van der Waals surface area contributed by atoms with Crippen molar-refractivity contribution in [1.29, 1.82) is 0 Å². The molecule has 4 aromatic rings. The van der Waals surface area contributed by atoms with E-state index in [9.17, 15) is 9.59 Å². The van der Waals surface area contributed by atoms with Crippen molar-refractivity contribution in [2.24, 2.45) is 0 Å². The smallest absolute Gasteiger partial charge is 0.339 e. The fourth-order valence-corrected chi connectivity index (χ4v) is 5.40. The first-order valence-electron chi connectivity index (χ1n) is 14.4. The number of amides is 1. The zero-order chi connectivity index (χ0) is 29.9. The van der Waals surface area contributed by atoms with Crippen LogP contribution >= 0.6 is 0 Å². The molecular formula is C36H37FN2O3. The lowest BCUT2D eigenvalue weighted by Gasteiger charge is -2.32. The van der Waals surface area contributed by atoms with Crippen LogP contribution in [0.2, 0.25) is 0 Å². The second-order valence-corrected chi connectivity index (χ2v) is 11.8. The predicted octanol–water partition coefficient (Wildman–Crippen LogP) is 7.89. The molecule has 0 radical (unpaired) electrons. The van der Waals surface area contributed by atoms with Crippen LogP contribution in [0.25, 0.3) is 11.1 Å². The van der Waals surface area contributed by atoms with Gasteiger partial charge in [-0.25, -0.2) is 9.18 Å². The van der Waals surface area contributed by atoms with Crippen LogP contribution in [0.4, 0.5) is 10.1 Å². The van der Waals surface area contributed by atoms with E-state index in [1.807, 2.05) is 94.4 Å². The van der Waals surface area contributed by atoms with Crippen molar-refractivity contribution in [3.05, 3.63) is 125 Å². The molecule has 0 saturated carbocycles. The van der Waals surface area contributed by atoms with E-state index >= 15 is 4.39 Å². The summed E-state index contributed by atoms with van der Waals surface area (Å²) in [5.74, 6) is -0.827. The number of esters is 1. The Morgan fingerprint density at radius 3 is 2.45 bits per heavy atom. The zero-order valence-corrected chi connectivity index (χ0v) is 24.6.